The maximum Gasteiger partial charge on any atom is 0.229 e. The van der Waals surface area contributed by atoms with E-state index in [0.717, 1.165) is 11.1 Å². The molecule has 0 saturated carbocycles. The number of piperazine rings is 1. The average Bonchev–Trinajstić information content (AvgIpc) is 3.12. The number of hydrogen-bond acceptors (Lipinski definition) is 5. The number of primary amides is 1. The molecule has 2 heterocycles. The summed E-state index contributed by atoms with van der Waals surface area (Å²) in [5.74, 6) is -1.54. The summed E-state index contributed by atoms with van der Waals surface area (Å²) in [4.78, 5) is 28.0. The van der Waals surface area contributed by atoms with E-state index in [1.165, 1.54) is 0 Å². The quantitative estimate of drug-likeness (QED) is 0.553. The number of fused-ring (bicyclic) bond motifs is 1. The number of nitrogens with two attached hydrogens (primary N) is 1. The van der Waals surface area contributed by atoms with Crippen LogP contribution >= 0.6 is 0 Å². The summed E-state index contributed by atoms with van der Waals surface area (Å²) in [6.45, 7) is 4.44. The summed E-state index contributed by atoms with van der Waals surface area (Å²) >= 11 is 0. The second-order valence-corrected chi connectivity index (χ2v) is 12.4. The van der Waals surface area contributed by atoms with E-state index in [4.69, 9.17) is 10.5 Å². The summed E-state index contributed by atoms with van der Waals surface area (Å²) in [6.07, 6.45) is 0.966. The number of ether oxygens (including phenoxy) is 1. The lowest BCUT2D eigenvalue weighted by Crippen LogP contribution is -2.64. The Bertz CT molecular complexity index is 1190. The third-order valence-electron chi connectivity index (χ3n) is 7.64. The molecule has 2 N–H and O–H groups in total. The van der Waals surface area contributed by atoms with E-state index < -0.39 is 32.8 Å². The second kappa shape index (κ2) is 10.3. The third-order valence-corrected chi connectivity index (χ3v) is 9.60. The van der Waals surface area contributed by atoms with Crippen molar-refractivity contribution in [1.29, 1.82) is 0 Å². The van der Waals surface area contributed by atoms with Crippen molar-refractivity contribution in [3.05, 3.63) is 71.8 Å². The average molecular weight is 514 g/mol. The zero-order valence-corrected chi connectivity index (χ0v) is 21.7. The lowest BCUT2D eigenvalue weighted by atomic mass is 9.77. The molecule has 0 aliphatic carbocycles. The minimum Gasteiger partial charge on any atom is -0.376 e. The van der Waals surface area contributed by atoms with Gasteiger partial charge in [-0.25, -0.2) is 8.42 Å². The standard InChI is InChI=1S/C27H35N3O5S/c1-26(2,25(28)32)23(19-35-18-22-11-7-4-8-12-22)24(31)29-14-15-30-27(20-29,13-16-36(30,33)34)17-21-9-5-3-6-10-21/h3-12,23H,13-20H2,1-2H3,(H2,28,32). The van der Waals surface area contributed by atoms with Crippen LogP contribution in [0.2, 0.25) is 0 Å². The summed E-state index contributed by atoms with van der Waals surface area (Å²) in [7, 11) is -3.39. The smallest absolute Gasteiger partial charge is 0.229 e. The van der Waals surface area contributed by atoms with Gasteiger partial charge in [-0.05, 0) is 24.0 Å². The van der Waals surface area contributed by atoms with E-state index in [1.807, 2.05) is 60.7 Å². The van der Waals surface area contributed by atoms with Crippen LogP contribution in [0.25, 0.3) is 0 Å². The molecule has 2 unspecified atom stereocenters. The van der Waals surface area contributed by atoms with Crippen LogP contribution in [0.15, 0.2) is 60.7 Å². The Hall–Kier alpha value is -2.75. The van der Waals surface area contributed by atoms with Gasteiger partial charge in [0.1, 0.15) is 0 Å². The van der Waals surface area contributed by atoms with Crippen LogP contribution in [0.3, 0.4) is 0 Å². The Morgan fingerprint density at radius 2 is 1.64 bits per heavy atom. The molecule has 8 nitrogen and oxygen atoms in total. The molecule has 2 aliphatic rings. The van der Waals surface area contributed by atoms with Gasteiger partial charge < -0.3 is 15.4 Å². The Morgan fingerprint density at radius 1 is 1.03 bits per heavy atom. The largest absolute Gasteiger partial charge is 0.376 e. The van der Waals surface area contributed by atoms with Gasteiger partial charge in [-0.1, -0.05) is 74.5 Å². The number of hydrogen-bond donors (Lipinski definition) is 1. The fraction of sp³-hybridized carbons (Fsp3) is 0.481. The van der Waals surface area contributed by atoms with Crippen LogP contribution in [0.5, 0.6) is 0 Å². The molecule has 2 amide bonds. The molecule has 2 aromatic rings. The second-order valence-electron chi connectivity index (χ2n) is 10.4. The van der Waals surface area contributed by atoms with Gasteiger partial charge in [0.2, 0.25) is 21.8 Å². The first kappa shape index (κ1) is 26.3. The van der Waals surface area contributed by atoms with E-state index in [1.54, 1.807) is 23.1 Å². The van der Waals surface area contributed by atoms with Crippen molar-refractivity contribution in [2.45, 2.75) is 38.8 Å². The minimum atomic E-state index is -3.39. The molecule has 0 spiro atoms. The van der Waals surface area contributed by atoms with Crippen LogP contribution in [0, 0.1) is 11.3 Å². The number of carbonyl (C=O) groups is 2. The molecule has 2 atom stereocenters. The molecule has 9 heteroatoms. The number of sulfonamides is 1. The fourth-order valence-corrected chi connectivity index (χ4v) is 7.30. The van der Waals surface area contributed by atoms with E-state index in [9.17, 15) is 18.0 Å². The number of nitrogens with zero attached hydrogens (tertiary/aromatic N) is 2. The SMILES string of the molecule is CC(C)(C(N)=O)C(COCc1ccccc1)C(=O)N1CCN2C(Cc3ccccc3)(CCS2(=O)=O)C1. The van der Waals surface area contributed by atoms with Crippen molar-refractivity contribution >= 4 is 21.8 Å². The van der Waals surface area contributed by atoms with Crippen LogP contribution in [0.4, 0.5) is 0 Å². The monoisotopic (exact) mass is 513 g/mol. The van der Waals surface area contributed by atoms with Gasteiger partial charge >= 0.3 is 0 Å². The van der Waals surface area contributed by atoms with Crippen molar-refractivity contribution in [2.24, 2.45) is 17.1 Å². The van der Waals surface area contributed by atoms with Gasteiger partial charge in [-0.15, -0.1) is 0 Å². The van der Waals surface area contributed by atoms with E-state index >= 15 is 0 Å². The Morgan fingerprint density at radius 3 is 2.25 bits per heavy atom. The van der Waals surface area contributed by atoms with Gasteiger partial charge in [0.25, 0.3) is 0 Å². The highest BCUT2D eigenvalue weighted by molar-refractivity contribution is 7.89. The van der Waals surface area contributed by atoms with Crippen LogP contribution in [-0.4, -0.2) is 67.0 Å². The highest BCUT2D eigenvalue weighted by Crippen LogP contribution is 2.39. The highest BCUT2D eigenvalue weighted by atomic mass is 32.2. The van der Waals surface area contributed by atoms with Gasteiger partial charge in [-0.3, -0.25) is 9.59 Å². The summed E-state index contributed by atoms with van der Waals surface area (Å²) < 4.78 is 33.2. The lowest BCUT2D eigenvalue weighted by Gasteiger charge is -2.47. The van der Waals surface area contributed by atoms with Gasteiger partial charge in [0, 0.05) is 19.6 Å². The zero-order valence-electron chi connectivity index (χ0n) is 20.9. The van der Waals surface area contributed by atoms with Crippen LogP contribution in [0.1, 0.15) is 31.4 Å². The molecule has 2 aromatic carbocycles. The Kier molecular flexibility index (Phi) is 7.54. The molecule has 0 aromatic heterocycles. The normalized spacial score (nSPS) is 22.7. The lowest BCUT2D eigenvalue weighted by molar-refractivity contribution is -0.151. The first-order valence-electron chi connectivity index (χ1n) is 12.3. The molecule has 0 bridgehead atoms. The van der Waals surface area contributed by atoms with Crippen molar-refractivity contribution < 1.29 is 22.7 Å². The Labute approximate surface area is 213 Å². The maximum atomic E-state index is 13.9. The first-order chi connectivity index (χ1) is 17.1. The predicted molar refractivity (Wildman–Crippen MR) is 137 cm³/mol. The molecule has 194 valence electrons. The molecular formula is C27H35N3O5S. The van der Waals surface area contributed by atoms with Gasteiger partial charge in [0.15, 0.2) is 0 Å². The number of rotatable bonds is 9. The third kappa shape index (κ3) is 5.33. The highest BCUT2D eigenvalue weighted by Gasteiger charge is 2.54. The molecular weight excluding hydrogens is 478 g/mol. The van der Waals surface area contributed by atoms with Crippen LogP contribution in [-0.2, 0) is 37.4 Å². The Balaban J connectivity index is 1.56. The van der Waals surface area contributed by atoms with Crippen LogP contribution < -0.4 is 5.73 Å². The number of amides is 2. The van der Waals surface area contributed by atoms with Crippen molar-refractivity contribution in [3.63, 3.8) is 0 Å². The van der Waals surface area contributed by atoms with Gasteiger partial charge in [0.05, 0.1) is 35.8 Å². The van der Waals surface area contributed by atoms with Crippen molar-refractivity contribution in [1.82, 2.24) is 9.21 Å². The molecule has 36 heavy (non-hydrogen) atoms. The van der Waals surface area contributed by atoms with Crippen molar-refractivity contribution in [2.75, 3.05) is 32.0 Å². The number of benzene rings is 2. The van der Waals surface area contributed by atoms with Gasteiger partial charge in [-0.2, -0.15) is 4.31 Å². The topological polar surface area (TPSA) is 110 Å². The first-order valence-corrected chi connectivity index (χ1v) is 13.9. The van der Waals surface area contributed by atoms with E-state index in [2.05, 4.69) is 0 Å². The molecule has 2 aliphatic heterocycles. The van der Waals surface area contributed by atoms with E-state index in [0.29, 0.717) is 19.4 Å². The zero-order chi connectivity index (χ0) is 26.0. The molecule has 4 rings (SSSR count). The molecule has 0 radical (unpaired) electrons. The summed E-state index contributed by atoms with van der Waals surface area (Å²) in [6, 6.07) is 19.4. The molecule has 2 fully saturated rings. The predicted octanol–water partition coefficient (Wildman–Crippen LogP) is 2.19. The molecule has 2 saturated heterocycles. The number of carbonyl (C=O) groups excluding carboxylic acids is 2. The summed E-state index contributed by atoms with van der Waals surface area (Å²) in [5, 5.41) is 0. The van der Waals surface area contributed by atoms with Crippen molar-refractivity contribution in [3.8, 4) is 0 Å². The fourth-order valence-electron chi connectivity index (χ4n) is 5.27. The van der Waals surface area contributed by atoms with E-state index in [-0.39, 0.29) is 37.9 Å². The maximum absolute atomic E-state index is 13.9. The minimum absolute atomic E-state index is 0.0356. The summed E-state index contributed by atoms with van der Waals surface area (Å²) in [5.41, 5.74) is 5.86.